The summed E-state index contributed by atoms with van der Waals surface area (Å²) >= 11 is 5.08. The summed E-state index contributed by atoms with van der Waals surface area (Å²) in [6, 6.07) is 0. The predicted octanol–water partition coefficient (Wildman–Crippen LogP) is 1.78. The van der Waals surface area contributed by atoms with Crippen molar-refractivity contribution in [3.8, 4) is 0 Å². The first-order chi connectivity index (χ1) is 6.75. The second kappa shape index (κ2) is 4.58. The van der Waals surface area contributed by atoms with Gasteiger partial charge in [0.15, 0.2) is 0 Å². The predicted molar refractivity (Wildman–Crippen MR) is 63.3 cm³/mol. The summed E-state index contributed by atoms with van der Waals surface area (Å²) in [6.45, 7) is 3.67. The van der Waals surface area contributed by atoms with Gasteiger partial charge in [-0.25, -0.2) is 0 Å². The zero-order valence-electron chi connectivity index (χ0n) is 8.74. The van der Waals surface area contributed by atoms with Gasteiger partial charge in [0, 0.05) is 19.0 Å². The third kappa shape index (κ3) is 2.45. The van der Waals surface area contributed by atoms with E-state index in [4.69, 9.17) is 18.0 Å². The number of hydrogen-bond donors (Lipinski definition) is 1. The van der Waals surface area contributed by atoms with Crippen LogP contribution in [0.25, 0.3) is 0 Å². The molecule has 2 aliphatic rings. The van der Waals surface area contributed by atoms with Gasteiger partial charge in [0.2, 0.25) is 0 Å². The first-order valence-electron chi connectivity index (χ1n) is 5.77. The molecule has 80 valence electrons. The molecule has 0 aromatic heterocycles. The molecule has 14 heavy (non-hydrogen) atoms. The van der Waals surface area contributed by atoms with Gasteiger partial charge in [-0.3, -0.25) is 0 Å². The second-order valence-corrected chi connectivity index (χ2v) is 5.27. The van der Waals surface area contributed by atoms with E-state index in [1.54, 1.807) is 0 Å². The van der Waals surface area contributed by atoms with E-state index >= 15 is 0 Å². The smallest absolute Gasteiger partial charge is 0.0771 e. The Bertz CT molecular complexity index is 213. The highest BCUT2D eigenvalue weighted by atomic mass is 32.1. The van der Waals surface area contributed by atoms with Gasteiger partial charge in [-0.15, -0.1) is 0 Å². The Hall–Kier alpha value is -0.150. The van der Waals surface area contributed by atoms with Gasteiger partial charge < -0.3 is 10.6 Å². The van der Waals surface area contributed by atoms with Crippen LogP contribution in [0.2, 0.25) is 0 Å². The Morgan fingerprint density at radius 2 is 2.07 bits per heavy atom. The van der Waals surface area contributed by atoms with Crippen LogP contribution in [0.4, 0.5) is 0 Å². The zero-order valence-corrected chi connectivity index (χ0v) is 9.56. The van der Waals surface area contributed by atoms with Crippen molar-refractivity contribution in [2.45, 2.75) is 32.1 Å². The van der Waals surface area contributed by atoms with Gasteiger partial charge in [0.1, 0.15) is 0 Å². The molecular formula is C11H20N2S. The number of nitrogens with zero attached hydrogens (tertiary/aromatic N) is 1. The zero-order chi connectivity index (χ0) is 9.97. The highest BCUT2D eigenvalue weighted by Gasteiger charge is 2.25. The average molecular weight is 212 g/mol. The van der Waals surface area contributed by atoms with Crippen molar-refractivity contribution in [2.75, 3.05) is 19.6 Å². The first-order valence-corrected chi connectivity index (χ1v) is 6.18. The van der Waals surface area contributed by atoms with E-state index in [9.17, 15) is 0 Å². The standard InChI is InChI=1S/C11H20N2S/c12-11(14)10-5-2-6-13(8-10)7-9-3-1-4-9/h9-10H,1-8H2,(H2,12,14). The molecule has 1 heterocycles. The van der Waals surface area contributed by atoms with Crippen molar-refractivity contribution >= 4 is 17.2 Å². The molecule has 0 radical (unpaired) electrons. The molecule has 0 aromatic carbocycles. The largest absolute Gasteiger partial charge is 0.393 e. The molecule has 2 rings (SSSR count). The van der Waals surface area contributed by atoms with Crippen molar-refractivity contribution in [3.63, 3.8) is 0 Å². The second-order valence-electron chi connectivity index (χ2n) is 4.80. The minimum absolute atomic E-state index is 0.485. The lowest BCUT2D eigenvalue weighted by Gasteiger charge is -2.37. The molecule has 1 aliphatic heterocycles. The van der Waals surface area contributed by atoms with Crippen molar-refractivity contribution in [1.82, 2.24) is 4.90 Å². The summed E-state index contributed by atoms with van der Waals surface area (Å²) < 4.78 is 0. The summed E-state index contributed by atoms with van der Waals surface area (Å²) in [5, 5.41) is 0. The fraction of sp³-hybridized carbons (Fsp3) is 0.909. The normalized spacial score (nSPS) is 29.9. The van der Waals surface area contributed by atoms with Crippen molar-refractivity contribution in [3.05, 3.63) is 0 Å². The summed E-state index contributed by atoms with van der Waals surface area (Å²) in [6.07, 6.45) is 6.80. The first kappa shape index (κ1) is 10.4. The van der Waals surface area contributed by atoms with E-state index in [2.05, 4.69) is 4.90 Å². The van der Waals surface area contributed by atoms with Gasteiger partial charge in [-0.05, 0) is 38.1 Å². The lowest BCUT2D eigenvalue weighted by atomic mass is 9.84. The maximum absolute atomic E-state index is 5.71. The van der Waals surface area contributed by atoms with Gasteiger partial charge in [-0.1, -0.05) is 18.6 Å². The van der Waals surface area contributed by atoms with Crippen molar-refractivity contribution < 1.29 is 0 Å². The summed E-state index contributed by atoms with van der Waals surface area (Å²) in [5.41, 5.74) is 5.71. The number of rotatable bonds is 3. The summed E-state index contributed by atoms with van der Waals surface area (Å²) in [7, 11) is 0. The van der Waals surface area contributed by atoms with Crippen LogP contribution in [-0.2, 0) is 0 Å². The number of piperidine rings is 1. The van der Waals surface area contributed by atoms with Crippen LogP contribution in [0.3, 0.4) is 0 Å². The molecule has 2 fully saturated rings. The van der Waals surface area contributed by atoms with E-state index < -0.39 is 0 Å². The number of likely N-dealkylation sites (tertiary alicyclic amines) is 1. The highest BCUT2D eigenvalue weighted by molar-refractivity contribution is 7.80. The Balaban J connectivity index is 1.78. The van der Waals surface area contributed by atoms with Crippen LogP contribution in [0.1, 0.15) is 32.1 Å². The van der Waals surface area contributed by atoms with E-state index in [0.717, 1.165) is 17.5 Å². The minimum Gasteiger partial charge on any atom is -0.393 e. The van der Waals surface area contributed by atoms with Crippen LogP contribution in [-0.4, -0.2) is 29.5 Å². The van der Waals surface area contributed by atoms with Crippen molar-refractivity contribution in [1.29, 1.82) is 0 Å². The Labute approximate surface area is 91.8 Å². The molecule has 0 bridgehead atoms. The lowest BCUT2D eigenvalue weighted by molar-refractivity contribution is 0.142. The SMILES string of the molecule is NC(=S)C1CCCN(CC2CCC2)C1. The monoisotopic (exact) mass is 212 g/mol. The van der Waals surface area contributed by atoms with Crippen LogP contribution in [0.5, 0.6) is 0 Å². The van der Waals surface area contributed by atoms with Gasteiger partial charge >= 0.3 is 0 Å². The summed E-state index contributed by atoms with van der Waals surface area (Å²) in [5.74, 6) is 1.46. The molecule has 1 atom stereocenters. The quantitative estimate of drug-likeness (QED) is 0.723. The van der Waals surface area contributed by atoms with Gasteiger partial charge in [-0.2, -0.15) is 0 Å². The number of nitrogens with two attached hydrogens (primary N) is 1. The topological polar surface area (TPSA) is 29.3 Å². The molecule has 1 saturated heterocycles. The minimum atomic E-state index is 0.485. The third-order valence-corrected chi connectivity index (χ3v) is 3.98. The maximum Gasteiger partial charge on any atom is 0.0771 e. The van der Waals surface area contributed by atoms with Crippen LogP contribution in [0, 0.1) is 11.8 Å². The maximum atomic E-state index is 5.71. The molecule has 1 saturated carbocycles. The van der Waals surface area contributed by atoms with E-state index in [0.29, 0.717) is 5.92 Å². The van der Waals surface area contributed by atoms with Crippen LogP contribution < -0.4 is 5.73 Å². The molecule has 0 spiro atoms. The fourth-order valence-electron chi connectivity index (χ4n) is 2.49. The molecule has 1 aliphatic carbocycles. The van der Waals surface area contributed by atoms with Crippen molar-refractivity contribution in [2.24, 2.45) is 17.6 Å². The molecule has 2 N–H and O–H groups in total. The Kier molecular flexibility index (Phi) is 3.39. The lowest BCUT2D eigenvalue weighted by Crippen LogP contribution is -2.43. The average Bonchev–Trinajstić information content (AvgIpc) is 2.12. The highest BCUT2D eigenvalue weighted by Crippen LogP contribution is 2.28. The summed E-state index contributed by atoms with van der Waals surface area (Å²) in [4.78, 5) is 3.29. The van der Waals surface area contributed by atoms with E-state index in [1.165, 1.54) is 45.2 Å². The molecular weight excluding hydrogens is 192 g/mol. The third-order valence-electron chi connectivity index (χ3n) is 3.65. The molecule has 2 nitrogen and oxygen atoms in total. The fourth-order valence-corrected chi connectivity index (χ4v) is 2.69. The Morgan fingerprint density at radius 3 is 2.64 bits per heavy atom. The molecule has 0 amide bonds. The number of thiocarbonyl (C=S) groups is 1. The molecule has 0 aromatic rings. The molecule has 3 heteroatoms. The van der Waals surface area contributed by atoms with Gasteiger partial charge in [0.25, 0.3) is 0 Å². The van der Waals surface area contributed by atoms with E-state index in [-0.39, 0.29) is 0 Å². The van der Waals surface area contributed by atoms with Gasteiger partial charge in [0.05, 0.1) is 4.99 Å². The van der Waals surface area contributed by atoms with E-state index in [1.807, 2.05) is 0 Å². The van der Waals surface area contributed by atoms with Crippen LogP contribution >= 0.6 is 12.2 Å². The Morgan fingerprint density at radius 1 is 1.29 bits per heavy atom. The molecule has 1 unspecified atom stereocenters. The van der Waals surface area contributed by atoms with Crippen LogP contribution in [0.15, 0.2) is 0 Å². The number of hydrogen-bond acceptors (Lipinski definition) is 2.